The van der Waals surface area contributed by atoms with Crippen LogP contribution >= 0.6 is 0 Å². The zero-order chi connectivity index (χ0) is 21.5. The van der Waals surface area contributed by atoms with Crippen molar-refractivity contribution in [1.29, 1.82) is 0 Å². The summed E-state index contributed by atoms with van der Waals surface area (Å²) in [5, 5.41) is 57.7. The maximum Gasteiger partial charge on any atom is 0.111 e. The standard InChI is InChI=1S/C20H43NO7/c1-4-6-7-9-15(8-5-2)13-28-14-16(23)10-21(3)11-17(24)19(26)20(27)18(25)12-22/h15-20,22-27H,4-14H2,1-3H3. The Morgan fingerprint density at radius 3 is 2.00 bits per heavy atom. The Labute approximate surface area is 169 Å². The molecule has 0 radical (unpaired) electrons. The van der Waals surface area contributed by atoms with Crippen molar-refractivity contribution in [3.8, 4) is 0 Å². The Bertz CT molecular complexity index is 361. The second kappa shape index (κ2) is 16.5. The Kier molecular flexibility index (Phi) is 16.3. The fourth-order valence-electron chi connectivity index (χ4n) is 3.25. The largest absolute Gasteiger partial charge is 0.394 e. The minimum Gasteiger partial charge on any atom is -0.394 e. The summed E-state index contributed by atoms with van der Waals surface area (Å²) < 4.78 is 5.69. The van der Waals surface area contributed by atoms with Gasteiger partial charge in [0.05, 0.1) is 25.4 Å². The monoisotopic (exact) mass is 409 g/mol. The van der Waals surface area contributed by atoms with Crippen LogP contribution in [0.5, 0.6) is 0 Å². The minimum absolute atomic E-state index is 0.0110. The maximum absolute atomic E-state index is 10.1. The molecule has 0 aromatic rings. The molecule has 0 saturated heterocycles. The number of rotatable bonds is 18. The lowest BCUT2D eigenvalue weighted by Gasteiger charge is -2.29. The van der Waals surface area contributed by atoms with Crippen molar-refractivity contribution < 1.29 is 35.4 Å². The van der Waals surface area contributed by atoms with Crippen LogP contribution in [0.15, 0.2) is 0 Å². The highest BCUT2D eigenvalue weighted by Gasteiger charge is 2.30. The predicted octanol–water partition coefficient (Wildman–Crippen LogP) is -0.272. The summed E-state index contributed by atoms with van der Waals surface area (Å²) in [5.41, 5.74) is 0. The summed E-state index contributed by atoms with van der Waals surface area (Å²) in [4.78, 5) is 1.62. The second-order valence-corrected chi connectivity index (χ2v) is 7.86. The van der Waals surface area contributed by atoms with Gasteiger partial charge in [0.25, 0.3) is 0 Å². The molecule has 0 aliphatic rings. The molecule has 0 spiro atoms. The molecule has 6 unspecified atom stereocenters. The van der Waals surface area contributed by atoms with Crippen molar-refractivity contribution in [2.45, 2.75) is 82.9 Å². The molecule has 0 aromatic carbocycles. The Morgan fingerprint density at radius 2 is 1.43 bits per heavy atom. The summed E-state index contributed by atoms with van der Waals surface area (Å²) in [5.74, 6) is 0.512. The molecule has 6 atom stereocenters. The molecular formula is C20H43NO7. The summed E-state index contributed by atoms with van der Waals surface area (Å²) in [6.45, 7) is 4.68. The van der Waals surface area contributed by atoms with E-state index >= 15 is 0 Å². The molecule has 0 fully saturated rings. The van der Waals surface area contributed by atoms with E-state index < -0.39 is 37.1 Å². The number of hydrogen-bond acceptors (Lipinski definition) is 8. The SMILES string of the molecule is CCCCCC(CCC)COCC(O)CN(C)CC(O)C(O)C(O)C(O)CO. The third-order valence-electron chi connectivity index (χ3n) is 4.92. The second-order valence-electron chi connectivity index (χ2n) is 7.86. The van der Waals surface area contributed by atoms with Crippen molar-refractivity contribution in [2.24, 2.45) is 5.92 Å². The van der Waals surface area contributed by atoms with Crippen molar-refractivity contribution in [3.63, 3.8) is 0 Å². The Morgan fingerprint density at radius 1 is 0.786 bits per heavy atom. The van der Waals surface area contributed by atoms with Gasteiger partial charge in [0.2, 0.25) is 0 Å². The number of nitrogens with zero attached hydrogens (tertiary/aromatic N) is 1. The summed E-state index contributed by atoms with van der Waals surface area (Å²) in [6, 6.07) is 0. The first-order valence-electron chi connectivity index (χ1n) is 10.5. The molecule has 170 valence electrons. The van der Waals surface area contributed by atoms with E-state index in [1.165, 1.54) is 19.3 Å². The third-order valence-corrected chi connectivity index (χ3v) is 4.92. The van der Waals surface area contributed by atoms with E-state index in [0.717, 1.165) is 19.3 Å². The van der Waals surface area contributed by atoms with E-state index in [9.17, 15) is 25.5 Å². The highest BCUT2D eigenvalue weighted by molar-refractivity contribution is 4.82. The maximum atomic E-state index is 10.1. The highest BCUT2D eigenvalue weighted by Crippen LogP contribution is 2.16. The molecule has 6 N–H and O–H groups in total. The van der Waals surface area contributed by atoms with Gasteiger partial charge in [-0.1, -0.05) is 39.5 Å². The van der Waals surface area contributed by atoms with Gasteiger partial charge in [0.15, 0.2) is 0 Å². The van der Waals surface area contributed by atoms with E-state index in [2.05, 4.69) is 13.8 Å². The normalized spacial score (nSPS) is 18.6. The van der Waals surface area contributed by atoms with E-state index in [-0.39, 0.29) is 19.7 Å². The van der Waals surface area contributed by atoms with Crippen LogP contribution in [0, 0.1) is 5.92 Å². The molecule has 8 nitrogen and oxygen atoms in total. The van der Waals surface area contributed by atoms with Crippen molar-refractivity contribution in [2.75, 3.05) is 40.0 Å². The van der Waals surface area contributed by atoms with Gasteiger partial charge >= 0.3 is 0 Å². The average molecular weight is 410 g/mol. The first kappa shape index (κ1) is 27.7. The van der Waals surface area contributed by atoms with Gasteiger partial charge in [0.1, 0.15) is 18.3 Å². The van der Waals surface area contributed by atoms with Crippen LogP contribution in [0.4, 0.5) is 0 Å². The third kappa shape index (κ3) is 12.3. The first-order valence-corrected chi connectivity index (χ1v) is 10.5. The highest BCUT2D eigenvalue weighted by atomic mass is 16.5. The van der Waals surface area contributed by atoms with Crippen LogP contribution in [-0.2, 0) is 4.74 Å². The number of likely N-dealkylation sites (N-methyl/N-ethyl adjacent to an activating group) is 1. The number of hydrogen-bond donors (Lipinski definition) is 6. The molecule has 0 saturated carbocycles. The smallest absolute Gasteiger partial charge is 0.111 e. The molecule has 0 rings (SSSR count). The molecular weight excluding hydrogens is 366 g/mol. The molecule has 8 heteroatoms. The number of ether oxygens (including phenoxy) is 1. The van der Waals surface area contributed by atoms with Gasteiger partial charge in [-0.2, -0.15) is 0 Å². The molecule has 0 aliphatic carbocycles. The molecule has 0 amide bonds. The zero-order valence-electron chi connectivity index (χ0n) is 17.8. The summed E-state index contributed by atoms with van der Waals surface area (Å²) >= 11 is 0. The number of aliphatic hydroxyl groups is 6. The van der Waals surface area contributed by atoms with Gasteiger partial charge in [-0.3, -0.25) is 0 Å². The quantitative estimate of drug-likeness (QED) is 0.170. The zero-order valence-corrected chi connectivity index (χ0v) is 17.8. The van der Waals surface area contributed by atoms with Crippen LogP contribution in [0.2, 0.25) is 0 Å². The van der Waals surface area contributed by atoms with Gasteiger partial charge < -0.3 is 40.3 Å². The minimum atomic E-state index is -1.65. The molecule has 0 heterocycles. The van der Waals surface area contributed by atoms with E-state index in [1.54, 1.807) is 11.9 Å². The van der Waals surface area contributed by atoms with Gasteiger partial charge in [-0.25, -0.2) is 0 Å². The van der Waals surface area contributed by atoms with Crippen molar-refractivity contribution in [3.05, 3.63) is 0 Å². The lowest BCUT2D eigenvalue weighted by Crippen LogP contribution is -2.50. The van der Waals surface area contributed by atoms with E-state index in [4.69, 9.17) is 9.84 Å². The topological polar surface area (TPSA) is 134 Å². The first-order chi connectivity index (χ1) is 13.3. The number of unbranched alkanes of at least 4 members (excludes halogenated alkanes) is 2. The Balaban J connectivity index is 4.17. The fraction of sp³-hybridized carbons (Fsp3) is 1.00. The van der Waals surface area contributed by atoms with Crippen LogP contribution in [0.1, 0.15) is 52.4 Å². The van der Waals surface area contributed by atoms with Crippen LogP contribution in [-0.4, -0.2) is 106 Å². The van der Waals surface area contributed by atoms with Gasteiger partial charge in [-0.05, 0) is 25.8 Å². The van der Waals surface area contributed by atoms with E-state index in [0.29, 0.717) is 12.5 Å². The van der Waals surface area contributed by atoms with Crippen LogP contribution in [0.25, 0.3) is 0 Å². The van der Waals surface area contributed by atoms with Gasteiger partial charge in [-0.15, -0.1) is 0 Å². The predicted molar refractivity (Wildman–Crippen MR) is 108 cm³/mol. The molecule has 0 aliphatic heterocycles. The Hall–Kier alpha value is -0.320. The lowest BCUT2D eigenvalue weighted by molar-refractivity contribution is -0.119. The van der Waals surface area contributed by atoms with Gasteiger partial charge in [0, 0.05) is 19.7 Å². The van der Waals surface area contributed by atoms with Crippen molar-refractivity contribution >= 4 is 0 Å². The van der Waals surface area contributed by atoms with E-state index in [1.807, 2.05) is 0 Å². The molecule has 0 bridgehead atoms. The average Bonchev–Trinajstić information content (AvgIpc) is 2.65. The summed E-state index contributed by atoms with van der Waals surface area (Å²) in [6.07, 6.45) is 0.156. The fourth-order valence-corrected chi connectivity index (χ4v) is 3.25. The van der Waals surface area contributed by atoms with Crippen LogP contribution < -0.4 is 0 Å². The van der Waals surface area contributed by atoms with Crippen molar-refractivity contribution in [1.82, 2.24) is 4.90 Å². The van der Waals surface area contributed by atoms with Crippen LogP contribution in [0.3, 0.4) is 0 Å². The molecule has 0 aromatic heterocycles. The molecule has 28 heavy (non-hydrogen) atoms. The number of aliphatic hydroxyl groups excluding tert-OH is 6. The summed E-state index contributed by atoms with van der Waals surface area (Å²) in [7, 11) is 1.67. The lowest BCUT2D eigenvalue weighted by atomic mass is 9.97.